The normalized spacial score (nSPS) is 22.2. The van der Waals surface area contributed by atoms with Gasteiger partial charge in [-0.25, -0.2) is 13.7 Å². The van der Waals surface area contributed by atoms with Gasteiger partial charge in [0.15, 0.2) is 0 Å². The molecule has 1 aromatic carbocycles. The molecular formula is C31H46BN2O16P3S2. The summed E-state index contributed by atoms with van der Waals surface area (Å²) in [4.78, 5) is 61.8. The molecule has 3 rings (SSSR count). The minimum atomic E-state index is -5.70. The van der Waals surface area contributed by atoms with Crippen molar-refractivity contribution in [2.45, 2.75) is 69.5 Å². The average molecular weight is 871 g/mol. The molecule has 2 aliphatic rings. The lowest BCUT2D eigenvalue weighted by molar-refractivity contribution is -0.121. The van der Waals surface area contributed by atoms with Crippen LogP contribution in [0.2, 0.25) is 0 Å². The van der Waals surface area contributed by atoms with Crippen molar-refractivity contribution in [3.05, 3.63) is 77.4 Å². The SMILES string of the molecule is CC1=C/C=C\C=C/C([C@H]2CC(OCSSC(C)(C)CNC(=O)CCCCNC(=O)c3ccc(B(O)O)cc3)[C@@H](COP(=O)(O)OP(=O)(O)OP(=O)(O)O)O2)=C1. The molecule has 1 saturated heterocycles. The Labute approximate surface area is 327 Å². The maximum atomic E-state index is 12.5. The number of rotatable bonds is 22. The zero-order valence-corrected chi connectivity index (χ0v) is 34.5. The van der Waals surface area contributed by atoms with E-state index < -0.39 is 60.3 Å². The van der Waals surface area contributed by atoms with Crippen LogP contribution in [0.5, 0.6) is 0 Å². The largest absolute Gasteiger partial charge is 0.490 e. The zero-order valence-electron chi connectivity index (χ0n) is 30.2. The van der Waals surface area contributed by atoms with Crippen LogP contribution >= 0.6 is 45.1 Å². The molecule has 0 saturated carbocycles. The van der Waals surface area contributed by atoms with Crippen LogP contribution in [-0.4, -0.2) is 97.2 Å². The van der Waals surface area contributed by atoms with E-state index in [1.54, 1.807) is 0 Å². The van der Waals surface area contributed by atoms with E-state index in [0.29, 0.717) is 37.9 Å². The third kappa shape index (κ3) is 18.5. The van der Waals surface area contributed by atoms with Crippen LogP contribution < -0.4 is 16.1 Å². The summed E-state index contributed by atoms with van der Waals surface area (Å²) in [6.07, 6.45) is 10.6. The maximum Gasteiger partial charge on any atom is 0.490 e. The lowest BCUT2D eigenvalue weighted by atomic mass is 9.80. The van der Waals surface area contributed by atoms with Gasteiger partial charge >= 0.3 is 30.6 Å². The fourth-order valence-corrected chi connectivity index (χ4v) is 10.2. The van der Waals surface area contributed by atoms with Gasteiger partial charge in [-0.1, -0.05) is 75.7 Å². The number of amides is 2. The molecule has 24 heteroatoms. The number of ether oxygens (including phenoxy) is 2. The van der Waals surface area contributed by atoms with E-state index in [-0.39, 0.29) is 29.6 Å². The molecule has 55 heavy (non-hydrogen) atoms. The molecule has 8 N–H and O–H groups in total. The van der Waals surface area contributed by atoms with Gasteiger partial charge < -0.3 is 49.7 Å². The van der Waals surface area contributed by atoms with E-state index in [0.717, 1.165) is 11.1 Å². The Bertz CT molecular complexity index is 1740. The van der Waals surface area contributed by atoms with Gasteiger partial charge in [0.25, 0.3) is 5.91 Å². The summed E-state index contributed by atoms with van der Waals surface area (Å²) in [7, 11) is -15.5. The fourth-order valence-electron chi connectivity index (χ4n) is 4.97. The highest BCUT2D eigenvalue weighted by molar-refractivity contribution is 8.77. The van der Waals surface area contributed by atoms with Crippen molar-refractivity contribution < 1.29 is 75.5 Å². The van der Waals surface area contributed by atoms with E-state index >= 15 is 0 Å². The molecule has 1 aliphatic carbocycles. The minimum absolute atomic E-state index is 0.129. The second-order valence-electron chi connectivity index (χ2n) is 12.9. The maximum absolute atomic E-state index is 12.5. The Morgan fingerprint density at radius 1 is 0.982 bits per heavy atom. The first kappa shape index (κ1) is 47.5. The van der Waals surface area contributed by atoms with Gasteiger partial charge in [-0.2, -0.15) is 8.62 Å². The van der Waals surface area contributed by atoms with Crippen molar-refractivity contribution >= 4 is 69.5 Å². The summed E-state index contributed by atoms with van der Waals surface area (Å²) >= 11 is 0. The molecule has 306 valence electrons. The summed E-state index contributed by atoms with van der Waals surface area (Å²) in [5.74, 6) is -0.326. The highest BCUT2D eigenvalue weighted by atomic mass is 33.1. The lowest BCUT2D eigenvalue weighted by Gasteiger charge is -2.24. The first-order valence-corrected chi connectivity index (χ1v) is 23.6. The van der Waals surface area contributed by atoms with E-state index in [1.807, 2.05) is 57.2 Å². The Morgan fingerprint density at radius 3 is 2.36 bits per heavy atom. The van der Waals surface area contributed by atoms with Crippen molar-refractivity contribution in [2.75, 3.05) is 25.6 Å². The first-order valence-electron chi connectivity index (χ1n) is 16.7. The Morgan fingerprint density at radius 2 is 1.69 bits per heavy atom. The molecule has 0 aromatic heterocycles. The van der Waals surface area contributed by atoms with Gasteiger partial charge in [-0.05, 0) is 56.8 Å². The Kier molecular flexibility index (Phi) is 18.8. The zero-order chi connectivity index (χ0) is 40.9. The van der Waals surface area contributed by atoms with Crippen molar-refractivity contribution in [2.24, 2.45) is 0 Å². The molecule has 0 bridgehead atoms. The second-order valence-corrected chi connectivity index (χ2v) is 20.2. The number of allylic oxidation sites excluding steroid dienone is 6. The number of carbonyl (C=O) groups excluding carboxylic acids is 2. The fraction of sp³-hybridized carbons (Fsp3) is 0.484. The summed E-state index contributed by atoms with van der Waals surface area (Å²) in [6.45, 7) is 5.82. The van der Waals surface area contributed by atoms with E-state index in [2.05, 4.69) is 19.3 Å². The smallest absolute Gasteiger partial charge is 0.423 e. The van der Waals surface area contributed by atoms with Crippen LogP contribution in [-0.2, 0) is 41.1 Å². The predicted octanol–water partition coefficient (Wildman–Crippen LogP) is 3.38. The predicted molar refractivity (Wildman–Crippen MR) is 208 cm³/mol. The molecule has 5 atom stereocenters. The Balaban J connectivity index is 1.45. The number of phosphoric ester groups is 1. The van der Waals surface area contributed by atoms with Crippen molar-refractivity contribution in [1.82, 2.24) is 10.6 Å². The molecule has 1 heterocycles. The molecule has 1 aromatic rings. The van der Waals surface area contributed by atoms with E-state index in [4.69, 9.17) is 23.8 Å². The molecule has 0 radical (unpaired) electrons. The van der Waals surface area contributed by atoms with Crippen LogP contribution in [0.4, 0.5) is 0 Å². The molecule has 3 unspecified atom stereocenters. The van der Waals surface area contributed by atoms with Crippen LogP contribution in [0, 0.1) is 0 Å². The van der Waals surface area contributed by atoms with Gasteiger partial charge in [-0.3, -0.25) is 14.1 Å². The summed E-state index contributed by atoms with van der Waals surface area (Å²) in [5, 5.41) is 24.0. The third-order valence-electron chi connectivity index (χ3n) is 7.57. The average Bonchev–Trinajstić information content (AvgIpc) is 3.47. The molecule has 0 spiro atoms. The Hall–Kier alpha value is -1.87. The van der Waals surface area contributed by atoms with Gasteiger partial charge in [-0.15, -0.1) is 0 Å². The third-order valence-corrected chi connectivity index (χ3v) is 14.3. The number of hydrogen-bond donors (Lipinski definition) is 8. The number of hydrogen-bond acceptors (Lipinski definition) is 14. The summed E-state index contributed by atoms with van der Waals surface area (Å²) in [6, 6.07) is 5.89. The van der Waals surface area contributed by atoms with Crippen LogP contribution in [0.1, 0.15) is 56.8 Å². The standard InChI is InChI=1S/C31H46BN2O16P3S2/c1-22-9-5-4-6-10-24(17-22)26-18-27(28(48-26)19-47-52(42,43)50-53(44,45)49-51(39,40)41)46-21-54-55-31(2,3)20-34-29(35)11-7-8-16-33-30(36)23-12-14-25(15-13-23)32(37)38/h4-6,9-10,12-15,17,26-28,37-38H,7-8,11,16,18-21H2,1-3H3,(H,33,36)(H,34,35)(H,42,43)(H,44,45)(H2,39,40,41)/b5-4-,6-4?,9-5?,10-6-,22-9?,22-17?,24-10?,24-17?/t26-,27?,28-/m1/s1. The van der Waals surface area contributed by atoms with Crippen molar-refractivity contribution in [3.63, 3.8) is 0 Å². The monoisotopic (exact) mass is 870 g/mol. The van der Waals surface area contributed by atoms with Gasteiger partial charge in [0.05, 0.1) is 18.8 Å². The van der Waals surface area contributed by atoms with E-state index in [1.165, 1.54) is 45.9 Å². The molecule has 1 aliphatic heterocycles. The van der Waals surface area contributed by atoms with Gasteiger partial charge in [0.1, 0.15) is 12.0 Å². The summed E-state index contributed by atoms with van der Waals surface area (Å²) in [5.41, 5.74) is 2.37. The second kappa shape index (κ2) is 21.8. The van der Waals surface area contributed by atoms with Gasteiger partial charge in [0, 0.05) is 36.2 Å². The van der Waals surface area contributed by atoms with Crippen molar-refractivity contribution in [1.29, 1.82) is 0 Å². The summed E-state index contributed by atoms with van der Waals surface area (Å²) < 4.78 is 59.4. The number of carbonyl (C=O) groups is 2. The molecule has 1 fully saturated rings. The molecule has 2 amide bonds. The van der Waals surface area contributed by atoms with Gasteiger partial charge in [0.2, 0.25) is 5.91 Å². The van der Waals surface area contributed by atoms with Crippen LogP contribution in [0.3, 0.4) is 0 Å². The number of phosphoric acid groups is 3. The van der Waals surface area contributed by atoms with Crippen molar-refractivity contribution in [3.8, 4) is 0 Å². The number of benzene rings is 1. The molecule has 18 nitrogen and oxygen atoms in total. The molecular weight excluding hydrogens is 824 g/mol. The minimum Gasteiger partial charge on any atom is -0.423 e. The van der Waals surface area contributed by atoms with Crippen LogP contribution in [0.25, 0.3) is 0 Å². The lowest BCUT2D eigenvalue weighted by Crippen LogP contribution is -2.36. The quantitative estimate of drug-likeness (QED) is 0.0273. The highest BCUT2D eigenvalue weighted by Crippen LogP contribution is 2.66. The van der Waals surface area contributed by atoms with E-state index in [9.17, 15) is 43.1 Å². The van der Waals surface area contributed by atoms with Crippen LogP contribution in [0.15, 0.2) is 71.9 Å². The number of unbranched alkanes of at least 4 members (excludes halogenated alkanes) is 1. The number of nitrogens with one attached hydrogen (secondary N) is 2. The highest BCUT2D eigenvalue weighted by Gasteiger charge is 2.43. The first-order chi connectivity index (χ1) is 25.6. The topological polar surface area (TPSA) is 277 Å².